The zero-order valence-corrected chi connectivity index (χ0v) is 11.3. The summed E-state index contributed by atoms with van der Waals surface area (Å²) in [4.78, 5) is 0. The molecule has 2 heteroatoms. The van der Waals surface area contributed by atoms with Crippen LogP contribution in [0.15, 0.2) is 48.5 Å². The Balaban J connectivity index is 2.52. The van der Waals surface area contributed by atoms with Gasteiger partial charge in [0, 0.05) is 11.9 Å². The first-order chi connectivity index (χ1) is 8.36. The lowest BCUT2D eigenvalue weighted by molar-refractivity contribution is 1.07. The second-order valence-corrected chi connectivity index (χ2v) is 4.75. The van der Waals surface area contributed by atoms with Crippen LogP contribution in [0.1, 0.15) is 11.1 Å². The summed E-state index contributed by atoms with van der Waals surface area (Å²) in [6.45, 7) is 0.582. The second-order valence-electron chi connectivity index (χ2n) is 3.96. The number of hydrogen-bond acceptors (Lipinski definition) is 1. The first-order valence-corrected chi connectivity index (χ1v) is 6.91. The Morgan fingerprint density at radius 3 is 1.94 bits per heavy atom. The van der Waals surface area contributed by atoms with E-state index < -0.39 is 0 Å². The van der Waals surface area contributed by atoms with E-state index >= 15 is 0 Å². The van der Waals surface area contributed by atoms with E-state index in [4.69, 9.17) is 5.73 Å². The molecule has 0 fully saturated rings. The molecule has 0 radical (unpaired) electrons. The smallest absolute Gasteiger partial charge is 0.0184 e. The number of hydrogen-bond donors (Lipinski definition) is 1. The molecule has 0 aliphatic carbocycles. The fourth-order valence-electron chi connectivity index (χ4n) is 2.06. The standard InChI is InChI=1S/C15H16BrN/c16-10-9-12-5-1-3-7-14(12)15-8-4-2-6-13(15)11-17/h1-8H,9-11,17H2. The highest BCUT2D eigenvalue weighted by Gasteiger charge is 2.07. The maximum absolute atomic E-state index is 5.80. The Labute approximate surface area is 111 Å². The topological polar surface area (TPSA) is 26.0 Å². The number of benzene rings is 2. The average Bonchev–Trinajstić information content (AvgIpc) is 2.40. The van der Waals surface area contributed by atoms with Gasteiger partial charge in [-0.25, -0.2) is 0 Å². The van der Waals surface area contributed by atoms with Crippen LogP contribution in [0.3, 0.4) is 0 Å². The maximum atomic E-state index is 5.80. The molecule has 88 valence electrons. The lowest BCUT2D eigenvalue weighted by Crippen LogP contribution is -2.00. The average molecular weight is 290 g/mol. The predicted molar refractivity (Wildman–Crippen MR) is 77.3 cm³/mol. The van der Waals surface area contributed by atoms with Gasteiger partial charge in [-0.3, -0.25) is 0 Å². The van der Waals surface area contributed by atoms with Crippen LogP contribution in [0.5, 0.6) is 0 Å². The van der Waals surface area contributed by atoms with Crippen LogP contribution < -0.4 is 5.73 Å². The van der Waals surface area contributed by atoms with Gasteiger partial charge >= 0.3 is 0 Å². The van der Waals surface area contributed by atoms with Gasteiger partial charge in [0.25, 0.3) is 0 Å². The summed E-state index contributed by atoms with van der Waals surface area (Å²) >= 11 is 3.50. The van der Waals surface area contributed by atoms with Crippen LogP contribution >= 0.6 is 15.9 Å². The van der Waals surface area contributed by atoms with Gasteiger partial charge in [-0.05, 0) is 28.7 Å². The van der Waals surface area contributed by atoms with Crippen molar-refractivity contribution in [1.82, 2.24) is 0 Å². The molecular formula is C15H16BrN. The highest BCUT2D eigenvalue weighted by molar-refractivity contribution is 9.09. The minimum absolute atomic E-state index is 0.582. The van der Waals surface area contributed by atoms with Crippen LogP contribution in [-0.4, -0.2) is 5.33 Å². The number of halogens is 1. The number of rotatable bonds is 4. The van der Waals surface area contributed by atoms with E-state index in [1.807, 2.05) is 6.07 Å². The zero-order valence-electron chi connectivity index (χ0n) is 9.70. The lowest BCUT2D eigenvalue weighted by Gasteiger charge is -2.12. The largest absolute Gasteiger partial charge is 0.326 e. The summed E-state index contributed by atoms with van der Waals surface area (Å²) in [7, 11) is 0. The van der Waals surface area contributed by atoms with Crippen molar-refractivity contribution >= 4 is 15.9 Å². The zero-order chi connectivity index (χ0) is 12.1. The first-order valence-electron chi connectivity index (χ1n) is 5.79. The van der Waals surface area contributed by atoms with Gasteiger partial charge in [0.2, 0.25) is 0 Å². The molecule has 2 aromatic rings. The third-order valence-corrected chi connectivity index (χ3v) is 3.31. The van der Waals surface area contributed by atoms with Gasteiger partial charge in [0.15, 0.2) is 0 Å². The van der Waals surface area contributed by atoms with Gasteiger partial charge in [0.1, 0.15) is 0 Å². The van der Waals surface area contributed by atoms with Crippen LogP contribution in [-0.2, 0) is 13.0 Å². The fraction of sp³-hybridized carbons (Fsp3) is 0.200. The Kier molecular flexibility index (Phi) is 4.35. The van der Waals surface area contributed by atoms with Crippen molar-refractivity contribution in [3.63, 3.8) is 0 Å². The maximum Gasteiger partial charge on any atom is 0.0184 e. The molecular weight excluding hydrogens is 274 g/mol. The molecule has 1 nitrogen and oxygen atoms in total. The summed E-state index contributed by atoms with van der Waals surface area (Å²) in [5.74, 6) is 0. The summed E-state index contributed by atoms with van der Waals surface area (Å²) in [6.07, 6.45) is 1.04. The summed E-state index contributed by atoms with van der Waals surface area (Å²) in [5.41, 5.74) is 10.9. The molecule has 0 aliphatic rings. The molecule has 0 heterocycles. The van der Waals surface area contributed by atoms with E-state index in [0.717, 1.165) is 11.8 Å². The second kappa shape index (κ2) is 5.99. The number of nitrogens with two attached hydrogens (primary N) is 1. The van der Waals surface area contributed by atoms with Crippen molar-refractivity contribution in [1.29, 1.82) is 0 Å². The van der Waals surface area contributed by atoms with Crippen LogP contribution in [0.4, 0.5) is 0 Å². The monoisotopic (exact) mass is 289 g/mol. The molecule has 0 saturated carbocycles. The van der Waals surface area contributed by atoms with Crippen molar-refractivity contribution in [2.24, 2.45) is 5.73 Å². The van der Waals surface area contributed by atoms with Crippen molar-refractivity contribution < 1.29 is 0 Å². The van der Waals surface area contributed by atoms with Crippen LogP contribution in [0.2, 0.25) is 0 Å². The third-order valence-electron chi connectivity index (χ3n) is 2.91. The van der Waals surface area contributed by atoms with Crippen LogP contribution in [0.25, 0.3) is 11.1 Å². The van der Waals surface area contributed by atoms with Crippen LogP contribution in [0, 0.1) is 0 Å². The molecule has 0 spiro atoms. The minimum atomic E-state index is 0.582. The van der Waals surface area contributed by atoms with Gasteiger partial charge in [-0.1, -0.05) is 64.5 Å². The number of alkyl halides is 1. The Hall–Kier alpha value is -1.12. The summed E-state index contributed by atoms with van der Waals surface area (Å²) in [6, 6.07) is 16.9. The molecule has 0 aliphatic heterocycles. The Bertz CT molecular complexity index is 494. The normalized spacial score (nSPS) is 10.5. The number of aryl methyl sites for hydroxylation is 1. The van der Waals surface area contributed by atoms with Gasteiger partial charge in [-0.15, -0.1) is 0 Å². The SMILES string of the molecule is NCc1ccccc1-c1ccccc1CCBr. The molecule has 0 atom stereocenters. The van der Waals surface area contributed by atoms with E-state index in [-0.39, 0.29) is 0 Å². The highest BCUT2D eigenvalue weighted by atomic mass is 79.9. The Morgan fingerprint density at radius 1 is 0.824 bits per heavy atom. The third kappa shape index (κ3) is 2.76. The lowest BCUT2D eigenvalue weighted by atomic mass is 9.94. The molecule has 0 aromatic heterocycles. The molecule has 0 saturated heterocycles. The van der Waals surface area contributed by atoms with Crippen molar-refractivity contribution in [3.8, 4) is 11.1 Å². The van der Waals surface area contributed by atoms with Crippen molar-refractivity contribution in [2.45, 2.75) is 13.0 Å². The van der Waals surface area contributed by atoms with Crippen molar-refractivity contribution in [2.75, 3.05) is 5.33 Å². The van der Waals surface area contributed by atoms with Crippen molar-refractivity contribution in [3.05, 3.63) is 59.7 Å². The highest BCUT2D eigenvalue weighted by Crippen LogP contribution is 2.27. The first kappa shape index (κ1) is 12.3. The molecule has 2 aromatic carbocycles. The van der Waals surface area contributed by atoms with E-state index in [2.05, 4.69) is 58.4 Å². The summed E-state index contributed by atoms with van der Waals surface area (Å²) in [5, 5.41) is 0.981. The van der Waals surface area contributed by atoms with E-state index in [1.54, 1.807) is 0 Å². The molecule has 2 rings (SSSR count). The molecule has 0 amide bonds. The molecule has 0 unspecified atom stereocenters. The molecule has 17 heavy (non-hydrogen) atoms. The Morgan fingerprint density at radius 2 is 1.35 bits per heavy atom. The van der Waals surface area contributed by atoms with E-state index in [0.29, 0.717) is 6.54 Å². The molecule has 2 N–H and O–H groups in total. The van der Waals surface area contributed by atoms with Gasteiger partial charge in [0.05, 0.1) is 0 Å². The van der Waals surface area contributed by atoms with Gasteiger partial charge in [-0.2, -0.15) is 0 Å². The fourth-order valence-corrected chi connectivity index (χ4v) is 2.49. The van der Waals surface area contributed by atoms with E-state index in [1.165, 1.54) is 22.3 Å². The predicted octanol–water partition coefficient (Wildman–Crippen LogP) is 3.75. The van der Waals surface area contributed by atoms with E-state index in [9.17, 15) is 0 Å². The summed E-state index contributed by atoms with van der Waals surface area (Å²) < 4.78 is 0. The quantitative estimate of drug-likeness (QED) is 0.853. The minimum Gasteiger partial charge on any atom is -0.326 e. The van der Waals surface area contributed by atoms with Gasteiger partial charge < -0.3 is 5.73 Å². The molecule has 0 bridgehead atoms.